The summed E-state index contributed by atoms with van der Waals surface area (Å²) < 4.78 is 0. The van der Waals surface area contributed by atoms with Crippen molar-refractivity contribution < 1.29 is 4.84 Å². The number of nitrogens with zero attached hydrogens (tertiary/aromatic N) is 1. The lowest BCUT2D eigenvalue weighted by atomic mass is 10.0. The van der Waals surface area contributed by atoms with Crippen LogP contribution >= 0.6 is 0 Å². The van der Waals surface area contributed by atoms with Crippen molar-refractivity contribution in [1.29, 1.82) is 0 Å². The van der Waals surface area contributed by atoms with E-state index in [-0.39, 0.29) is 0 Å². The van der Waals surface area contributed by atoms with Crippen LogP contribution in [0, 0.1) is 5.92 Å². The molecule has 2 aliphatic rings. The van der Waals surface area contributed by atoms with Gasteiger partial charge in [-0.2, -0.15) is 5.06 Å². The van der Waals surface area contributed by atoms with E-state index >= 15 is 0 Å². The number of benzene rings is 1. The summed E-state index contributed by atoms with van der Waals surface area (Å²) in [5.41, 5.74) is 3.00. The normalized spacial score (nSPS) is 29.5. The van der Waals surface area contributed by atoms with Gasteiger partial charge in [0, 0.05) is 12.0 Å². The zero-order valence-electron chi connectivity index (χ0n) is 9.31. The first-order valence-corrected chi connectivity index (χ1v) is 5.76. The van der Waals surface area contributed by atoms with Gasteiger partial charge in [0.15, 0.2) is 0 Å². The molecule has 1 aromatic rings. The van der Waals surface area contributed by atoms with Crippen molar-refractivity contribution in [1.82, 2.24) is 5.06 Å². The second kappa shape index (κ2) is 3.32. The van der Waals surface area contributed by atoms with E-state index in [0.29, 0.717) is 18.0 Å². The van der Waals surface area contributed by atoms with Gasteiger partial charge in [-0.1, -0.05) is 24.3 Å². The molecule has 80 valence electrons. The molecular weight excluding hydrogens is 186 g/mol. The van der Waals surface area contributed by atoms with Crippen LogP contribution in [0.25, 0.3) is 0 Å². The van der Waals surface area contributed by atoms with E-state index in [1.165, 1.54) is 17.5 Å². The van der Waals surface area contributed by atoms with Crippen LogP contribution in [0.15, 0.2) is 24.3 Å². The third kappa shape index (κ3) is 1.32. The van der Waals surface area contributed by atoms with Gasteiger partial charge in [-0.05, 0) is 31.4 Å². The molecule has 1 fully saturated rings. The number of hydrogen-bond donors (Lipinski definition) is 0. The summed E-state index contributed by atoms with van der Waals surface area (Å²) in [4.78, 5) is 5.77. The fourth-order valence-corrected chi connectivity index (χ4v) is 2.88. The van der Waals surface area contributed by atoms with Crippen molar-refractivity contribution in [3.05, 3.63) is 35.4 Å². The van der Waals surface area contributed by atoms with E-state index in [4.69, 9.17) is 4.84 Å². The zero-order valence-corrected chi connectivity index (χ0v) is 9.31. The van der Waals surface area contributed by atoms with Crippen molar-refractivity contribution in [3.63, 3.8) is 0 Å². The number of hydroxylamine groups is 2. The predicted octanol–water partition coefficient (Wildman–Crippen LogP) is 2.56. The average Bonchev–Trinajstić information content (AvgIpc) is 2.74. The number of rotatable bonds is 1. The van der Waals surface area contributed by atoms with Gasteiger partial charge in [0.1, 0.15) is 0 Å². The standard InChI is InChI=1S/C13H17NO/c1-9(2)14-13-11(8-15-14)7-10-5-3-4-6-12(10)13/h3-6,9,11,13H,7-8H2,1-2H3/t11-,13?/m1/s1. The molecule has 0 bridgehead atoms. The summed E-state index contributed by atoms with van der Waals surface area (Å²) in [6, 6.07) is 9.75. The molecule has 0 N–H and O–H groups in total. The van der Waals surface area contributed by atoms with Gasteiger partial charge >= 0.3 is 0 Å². The van der Waals surface area contributed by atoms with E-state index in [1.54, 1.807) is 0 Å². The second-order valence-corrected chi connectivity index (χ2v) is 4.86. The van der Waals surface area contributed by atoms with E-state index in [1.807, 2.05) is 0 Å². The molecule has 1 unspecified atom stereocenters. The first-order chi connectivity index (χ1) is 7.27. The molecule has 1 aromatic carbocycles. The molecular formula is C13H17NO. The van der Waals surface area contributed by atoms with E-state index in [9.17, 15) is 0 Å². The SMILES string of the molecule is CC(C)N1OC[C@H]2Cc3ccccc3C21. The molecule has 2 heteroatoms. The molecule has 0 spiro atoms. The monoisotopic (exact) mass is 203 g/mol. The Hall–Kier alpha value is -0.860. The zero-order chi connectivity index (χ0) is 10.4. The summed E-state index contributed by atoms with van der Waals surface area (Å²) in [5.74, 6) is 0.671. The highest BCUT2D eigenvalue weighted by Gasteiger charge is 2.43. The smallest absolute Gasteiger partial charge is 0.0736 e. The Labute approximate surface area is 90.8 Å². The summed E-state index contributed by atoms with van der Waals surface area (Å²) in [5, 5.41) is 2.18. The van der Waals surface area contributed by atoms with Gasteiger partial charge in [0.25, 0.3) is 0 Å². The minimum Gasteiger partial charge on any atom is -0.298 e. The topological polar surface area (TPSA) is 12.5 Å². The summed E-state index contributed by atoms with van der Waals surface area (Å²) in [6.45, 7) is 5.28. The highest BCUT2D eigenvalue weighted by Crippen LogP contribution is 2.45. The van der Waals surface area contributed by atoms with Crippen LogP contribution in [-0.2, 0) is 11.3 Å². The van der Waals surface area contributed by atoms with Crippen LogP contribution in [0.2, 0.25) is 0 Å². The Balaban J connectivity index is 2.00. The van der Waals surface area contributed by atoms with Crippen molar-refractivity contribution in [2.75, 3.05) is 6.61 Å². The van der Waals surface area contributed by atoms with E-state index < -0.39 is 0 Å². The Morgan fingerprint density at radius 3 is 2.93 bits per heavy atom. The highest BCUT2D eigenvalue weighted by atomic mass is 16.7. The minimum absolute atomic E-state index is 0.464. The van der Waals surface area contributed by atoms with Crippen molar-refractivity contribution in [3.8, 4) is 0 Å². The summed E-state index contributed by atoms with van der Waals surface area (Å²) in [7, 11) is 0. The van der Waals surface area contributed by atoms with Gasteiger partial charge in [-0.3, -0.25) is 4.84 Å². The van der Waals surface area contributed by atoms with Crippen LogP contribution in [0.3, 0.4) is 0 Å². The Morgan fingerprint density at radius 2 is 2.13 bits per heavy atom. The van der Waals surface area contributed by atoms with Crippen LogP contribution in [0.1, 0.15) is 31.0 Å². The molecule has 1 aliphatic carbocycles. The first-order valence-electron chi connectivity index (χ1n) is 5.76. The van der Waals surface area contributed by atoms with Gasteiger partial charge in [-0.25, -0.2) is 0 Å². The fourth-order valence-electron chi connectivity index (χ4n) is 2.88. The molecule has 3 rings (SSSR count). The van der Waals surface area contributed by atoms with E-state index in [2.05, 4.69) is 43.2 Å². The Kier molecular flexibility index (Phi) is 2.08. The quantitative estimate of drug-likeness (QED) is 0.695. The maximum absolute atomic E-state index is 5.77. The Bertz CT molecular complexity index is 375. The molecule has 1 saturated heterocycles. The maximum atomic E-state index is 5.77. The maximum Gasteiger partial charge on any atom is 0.0736 e. The molecule has 2 nitrogen and oxygen atoms in total. The van der Waals surface area contributed by atoms with Gasteiger partial charge in [0.2, 0.25) is 0 Å². The van der Waals surface area contributed by atoms with Crippen LogP contribution in [-0.4, -0.2) is 17.7 Å². The molecule has 0 radical (unpaired) electrons. The molecule has 0 aromatic heterocycles. The third-order valence-corrected chi connectivity index (χ3v) is 3.52. The molecule has 1 aliphatic heterocycles. The molecule has 1 heterocycles. The fraction of sp³-hybridized carbons (Fsp3) is 0.538. The molecule has 0 saturated carbocycles. The lowest BCUT2D eigenvalue weighted by Crippen LogP contribution is -2.29. The van der Waals surface area contributed by atoms with Crippen molar-refractivity contribution in [2.24, 2.45) is 5.92 Å². The predicted molar refractivity (Wildman–Crippen MR) is 59.3 cm³/mol. The molecule has 15 heavy (non-hydrogen) atoms. The molecule has 2 atom stereocenters. The Morgan fingerprint density at radius 1 is 1.33 bits per heavy atom. The number of hydrogen-bond acceptors (Lipinski definition) is 2. The lowest BCUT2D eigenvalue weighted by molar-refractivity contribution is -0.155. The van der Waals surface area contributed by atoms with Crippen molar-refractivity contribution >= 4 is 0 Å². The van der Waals surface area contributed by atoms with Crippen LogP contribution in [0.5, 0.6) is 0 Å². The van der Waals surface area contributed by atoms with Crippen molar-refractivity contribution in [2.45, 2.75) is 32.4 Å². The second-order valence-electron chi connectivity index (χ2n) is 4.86. The minimum atomic E-state index is 0.464. The largest absolute Gasteiger partial charge is 0.298 e. The average molecular weight is 203 g/mol. The van der Waals surface area contributed by atoms with Crippen LogP contribution in [0.4, 0.5) is 0 Å². The first kappa shape index (κ1) is 9.37. The lowest BCUT2D eigenvalue weighted by Gasteiger charge is -2.26. The number of fused-ring (bicyclic) bond motifs is 3. The molecule has 0 amide bonds. The van der Waals surface area contributed by atoms with Gasteiger partial charge < -0.3 is 0 Å². The third-order valence-electron chi connectivity index (χ3n) is 3.52. The highest BCUT2D eigenvalue weighted by molar-refractivity contribution is 5.36. The van der Waals surface area contributed by atoms with Gasteiger partial charge in [-0.15, -0.1) is 0 Å². The summed E-state index contributed by atoms with van der Waals surface area (Å²) in [6.07, 6.45) is 1.18. The van der Waals surface area contributed by atoms with Gasteiger partial charge in [0.05, 0.1) is 12.6 Å². The van der Waals surface area contributed by atoms with Crippen LogP contribution < -0.4 is 0 Å². The van der Waals surface area contributed by atoms with E-state index in [0.717, 1.165) is 6.61 Å². The summed E-state index contributed by atoms with van der Waals surface area (Å²) >= 11 is 0.